The number of amides is 1. The molecule has 5 rings (SSSR count). The number of fused-ring (bicyclic) bond motifs is 1. The summed E-state index contributed by atoms with van der Waals surface area (Å²) in [6.07, 6.45) is 3.96. The van der Waals surface area contributed by atoms with E-state index in [1.165, 1.54) is 11.8 Å². The first kappa shape index (κ1) is 35.0. The van der Waals surface area contributed by atoms with Crippen LogP contribution in [-0.4, -0.2) is 44.0 Å². The van der Waals surface area contributed by atoms with E-state index in [9.17, 15) is 23.1 Å². The standard InChI is InChI=1S/C38H42N2O6S2/c1-4-6-22-38(5-2)25-40(29-20-14-9-15-21-29)30-23-32(47-3)31(24-33(30)48(44,45)26-38)46-35(28-18-12-8-13-19-28)36(41)39-34(37(42)43)27-16-10-7-11-17-27/h7-21,23-24,34-35H,4-6,22,25-26H2,1-3H3,(H,39,41)(H,42,43)/t34-,35?,38?/m1/s1. The van der Waals surface area contributed by atoms with E-state index in [1.54, 1.807) is 60.7 Å². The molecule has 1 aliphatic rings. The van der Waals surface area contributed by atoms with E-state index >= 15 is 0 Å². The summed E-state index contributed by atoms with van der Waals surface area (Å²) in [4.78, 5) is 29.1. The van der Waals surface area contributed by atoms with Crippen LogP contribution in [0.2, 0.25) is 0 Å². The van der Waals surface area contributed by atoms with Gasteiger partial charge in [-0.15, -0.1) is 11.8 Å². The smallest absolute Gasteiger partial charge is 0.330 e. The molecule has 3 atom stereocenters. The van der Waals surface area contributed by atoms with Crippen molar-refractivity contribution in [3.05, 3.63) is 114 Å². The third-order valence-corrected chi connectivity index (χ3v) is 11.7. The number of hydrogen-bond acceptors (Lipinski definition) is 7. The topological polar surface area (TPSA) is 113 Å². The Morgan fingerprint density at radius 2 is 1.54 bits per heavy atom. The molecule has 1 amide bonds. The number of carbonyl (C=O) groups is 2. The number of carboxylic acids is 1. The van der Waals surface area contributed by atoms with Crippen LogP contribution in [0.15, 0.2) is 113 Å². The Labute approximate surface area is 287 Å². The number of aliphatic carboxylic acids is 1. The van der Waals surface area contributed by atoms with Crippen molar-refractivity contribution < 1.29 is 27.9 Å². The van der Waals surface area contributed by atoms with Gasteiger partial charge >= 0.3 is 5.97 Å². The monoisotopic (exact) mass is 686 g/mol. The Balaban J connectivity index is 1.62. The lowest BCUT2D eigenvalue weighted by Gasteiger charge is -2.36. The second kappa shape index (κ2) is 15.3. The van der Waals surface area contributed by atoms with Crippen LogP contribution in [0.1, 0.15) is 62.8 Å². The highest BCUT2D eigenvalue weighted by Crippen LogP contribution is 2.47. The number of thioether (sulfide) groups is 1. The van der Waals surface area contributed by atoms with Gasteiger partial charge < -0.3 is 20.1 Å². The lowest BCUT2D eigenvalue weighted by Crippen LogP contribution is -2.38. The van der Waals surface area contributed by atoms with E-state index in [0.29, 0.717) is 34.7 Å². The summed E-state index contributed by atoms with van der Waals surface area (Å²) in [5, 5.41) is 12.7. The molecule has 0 spiro atoms. The first-order chi connectivity index (χ1) is 23.1. The highest BCUT2D eigenvalue weighted by atomic mass is 32.2. The van der Waals surface area contributed by atoms with Crippen molar-refractivity contribution in [2.75, 3.05) is 23.5 Å². The average Bonchev–Trinajstić information content (AvgIpc) is 3.20. The zero-order chi connectivity index (χ0) is 34.3. The maximum atomic E-state index is 14.4. The third kappa shape index (κ3) is 7.71. The van der Waals surface area contributed by atoms with Gasteiger partial charge in [0.05, 0.1) is 21.2 Å². The van der Waals surface area contributed by atoms with E-state index in [0.717, 1.165) is 24.9 Å². The quantitative estimate of drug-likeness (QED) is 0.136. The number of para-hydroxylation sites is 1. The Morgan fingerprint density at radius 1 is 0.938 bits per heavy atom. The molecule has 1 heterocycles. The molecule has 252 valence electrons. The fourth-order valence-electron chi connectivity index (χ4n) is 6.30. The Bertz CT molecular complexity index is 1820. The van der Waals surface area contributed by atoms with Gasteiger partial charge in [-0.3, -0.25) is 4.79 Å². The normalized spacial score (nSPS) is 18.2. The molecule has 0 aliphatic carbocycles. The summed E-state index contributed by atoms with van der Waals surface area (Å²) in [6, 6.07) is 29.1. The number of anilines is 2. The van der Waals surface area contributed by atoms with Crippen molar-refractivity contribution in [3.63, 3.8) is 0 Å². The van der Waals surface area contributed by atoms with Crippen molar-refractivity contribution >= 4 is 44.9 Å². The molecule has 2 unspecified atom stereocenters. The number of hydrogen-bond donors (Lipinski definition) is 2. The molecule has 0 aromatic heterocycles. The van der Waals surface area contributed by atoms with Crippen LogP contribution in [0, 0.1) is 5.41 Å². The number of sulfone groups is 1. The van der Waals surface area contributed by atoms with Gasteiger partial charge in [0.2, 0.25) is 6.10 Å². The van der Waals surface area contributed by atoms with E-state index in [1.807, 2.05) is 48.7 Å². The van der Waals surface area contributed by atoms with Crippen LogP contribution in [0.4, 0.5) is 11.4 Å². The average molecular weight is 687 g/mol. The minimum absolute atomic E-state index is 0.00907. The predicted octanol–water partition coefficient (Wildman–Crippen LogP) is 7.98. The molecule has 0 bridgehead atoms. The number of nitrogens with one attached hydrogen (secondary N) is 1. The zero-order valence-electron chi connectivity index (χ0n) is 27.5. The third-order valence-electron chi connectivity index (χ3n) is 8.99. The Morgan fingerprint density at radius 3 is 2.10 bits per heavy atom. The van der Waals surface area contributed by atoms with Gasteiger partial charge in [0, 0.05) is 29.3 Å². The van der Waals surface area contributed by atoms with Crippen molar-refractivity contribution in [3.8, 4) is 5.75 Å². The molecule has 0 saturated heterocycles. The molecule has 4 aromatic carbocycles. The molecule has 10 heteroatoms. The predicted molar refractivity (Wildman–Crippen MR) is 191 cm³/mol. The highest BCUT2D eigenvalue weighted by Gasteiger charge is 2.42. The number of rotatable bonds is 13. The van der Waals surface area contributed by atoms with E-state index < -0.39 is 39.3 Å². The fraction of sp³-hybridized carbons (Fsp3) is 0.316. The summed E-state index contributed by atoms with van der Waals surface area (Å²) >= 11 is 1.38. The van der Waals surface area contributed by atoms with Crippen molar-refractivity contribution in [2.24, 2.45) is 5.41 Å². The SMILES string of the molecule is CCCCC1(CC)CN(c2ccccc2)c2cc(SC)c(OC(C(=O)N[C@@H](C(=O)O)c3ccccc3)c3ccccc3)cc2S(=O)(=O)C1. The number of nitrogens with zero attached hydrogens (tertiary/aromatic N) is 1. The minimum atomic E-state index is -3.81. The summed E-state index contributed by atoms with van der Waals surface area (Å²) in [5.41, 5.74) is 1.90. The van der Waals surface area contributed by atoms with Crippen LogP contribution < -0.4 is 15.0 Å². The maximum Gasteiger partial charge on any atom is 0.330 e. The van der Waals surface area contributed by atoms with Crippen molar-refractivity contribution in [2.45, 2.75) is 61.5 Å². The number of carbonyl (C=O) groups excluding carboxylic acids is 1. The van der Waals surface area contributed by atoms with Crippen molar-refractivity contribution in [1.82, 2.24) is 5.32 Å². The summed E-state index contributed by atoms with van der Waals surface area (Å²) in [5.74, 6) is -1.67. The first-order valence-corrected chi connectivity index (χ1v) is 19.1. The van der Waals surface area contributed by atoms with Gasteiger partial charge in [-0.25, -0.2) is 13.2 Å². The maximum absolute atomic E-state index is 14.4. The summed E-state index contributed by atoms with van der Waals surface area (Å²) < 4.78 is 35.3. The number of benzene rings is 4. The molecule has 8 nitrogen and oxygen atoms in total. The summed E-state index contributed by atoms with van der Waals surface area (Å²) in [7, 11) is -3.81. The Hall–Kier alpha value is -4.28. The van der Waals surface area contributed by atoms with Crippen LogP contribution in [-0.2, 0) is 19.4 Å². The van der Waals surface area contributed by atoms with Crippen LogP contribution in [0.5, 0.6) is 5.75 Å². The summed E-state index contributed by atoms with van der Waals surface area (Å²) in [6.45, 7) is 4.72. The van der Waals surface area contributed by atoms with E-state index in [-0.39, 0.29) is 16.4 Å². The molecule has 0 saturated carbocycles. The first-order valence-electron chi connectivity index (χ1n) is 16.2. The lowest BCUT2D eigenvalue weighted by atomic mass is 9.81. The number of unbranched alkanes of at least 4 members (excludes halogenated alkanes) is 1. The number of ether oxygens (including phenoxy) is 1. The van der Waals surface area contributed by atoms with Gasteiger partial charge in [-0.1, -0.05) is 106 Å². The molecular weight excluding hydrogens is 645 g/mol. The fourth-order valence-corrected chi connectivity index (χ4v) is 9.01. The molecule has 48 heavy (non-hydrogen) atoms. The van der Waals surface area contributed by atoms with Gasteiger partial charge in [-0.05, 0) is 42.9 Å². The molecule has 4 aromatic rings. The molecule has 2 N–H and O–H groups in total. The number of carboxylic acid groups (broad SMARTS) is 1. The molecule has 0 radical (unpaired) electrons. The largest absolute Gasteiger partial charge is 0.479 e. The Kier molecular flexibility index (Phi) is 11.2. The second-order valence-electron chi connectivity index (χ2n) is 12.2. The molecular formula is C38H42N2O6S2. The minimum Gasteiger partial charge on any atom is -0.479 e. The van der Waals surface area contributed by atoms with Crippen LogP contribution in [0.25, 0.3) is 0 Å². The second-order valence-corrected chi connectivity index (χ2v) is 15.0. The lowest BCUT2D eigenvalue weighted by molar-refractivity contribution is -0.143. The van der Waals surface area contributed by atoms with E-state index in [2.05, 4.69) is 24.1 Å². The van der Waals surface area contributed by atoms with Crippen LogP contribution in [0.3, 0.4) is 0 Å². The molecule has 0 fully saturated rings. The highest BCUT2D eigenvalue weighted by molar-refractivity contribution is 7.98. The van der Waals surface area contributed by atoms with Gasteiger partial charge in [0.1, 0.15) is 5.75 Å². The van der Waals surface area contributed by atoms with Gasteiger partial charge in [0.15, 0.2) is 15.9 Å². The van der Waals surface area contributed by atoms with Gasteiger partial charge in [0.25, 0.3) is 5.91 Å². The van der Waals surface area contributed by atoms with E-state index in [4.69, 9.17) is 4.74 Å². The van der Waals surface area contributed by atoms with Crippen LogP contribution >= 0.6 is 11.8 Å². The van der Waals surface area contributed by atoms with Gasteiger partial charge in [-0.2, -0.15) is 0 Å². The van der Waals surface area contributed by atoms with Crippen molar-refractivity contribution in [1.29, 1.82) is 0 Å². The zero-order valence-corrected chi connectivity index (χ0v) is 29.1. The molecule has 1 aliphatic heterocycles.